The molecular weight excluding hydrogens is 572 g/mol. The Morgan fingerprint density at radius 2 is 1.18 bits per heavy atom. The van der Waals surface area contributed by atoms with Gasteiger partial charge >= 0.3 is 11.9 Å². The zero-order chi connectivity index (χ0) is 32.0. The Balaban J connectivity index is 1.60. The maximum atomic E-state index is 13.6. The number of carboxylic acids is 2. The maximum Gasteiger partial charge on any atom is 0.326 e. The Morgan fingerprint density at radius 1 is 0.727 bits per heavy atom. The monoisotopic (exact) mass is 606 g/mol. The quantitative estimate of drug-likeness (QED) is 0.0948. The van der Waals surface area contributed by atoms with E-state index < -0.39 is 66.4 Å². The molecule has 2 aromatic heterocycles. The fourth-order valence-electron chi connectivity index (χ4n) is 4.87. The van der Waals surface area contributed by atoms with Crippen molar-refractivity contribution >= 4 is 51.5 Å². The molecule has 0 spiro atoms. The summed E-state index contributed by atoms with van der Waals surface area (Å²) in [4.78, 5) is 69.3. The molecule has 14 heteroatoms. The molecule has 14 nitrogen and oxygen atoms in total. The number of para-hydroxylation sites is 2. The number of benzene rings is 2. The number of hydrogen-bond acceptors (Lipinski definition) is 7. The van der Waals surface area contributed by atoms with E-state index in [9.17, 15) is 39.3 Å². The Morgan fingerprint density at radius 3 is 1.68 bits per heavy atom. The van der Waals surface area contributed by atoms with Gasteiger partial charge in [0.25, 0.3) is 0 Å². The summed E-state index contributed by atoms with van der Waals surface area (Å²) in [6, 6.07) is 8.69. The summed E-state index contributed by atoms with van der Waals surface area (Å²) in [5.74, 6) is -5.54. The molecule has 0 aliphatic carbocycles. The van der Waals surface area contributed by atoms with Crippen molar-refractivity contribution in [3.05, 3.63) is 72.1 Å². The third-order valence-electron chi connectivity index (χ3n) is 7.28. The minimum Gasteiger partial charge on any atom is -0.481 e. The van der Waals surface area contributed by atoms with Crippen molar-refractivity contribution in [2.45, 2.75) is 56.5 Å². The van der Waals surface area contributed by atoms with Crippen LogP contribution in [0.5, 0.6) is 0 Å². The van der Waals surface area contributed by atoms with E-state index >= 15 is 0 Å². The third-order valence-corrected chi connectivity index (χ3v) is 7.28. The van der Waals surface area contributed by atoms with E-state index in [4.69, 9.17) is 5.73 Å². The zero-order valence-corrected chi connectivity index (χ0v) is 23.7. The SMILES string of the molecule is CC(O)C(N)C(=O)NC(CC(=O)O)C(=O)NC(Cc1c[nH]c2ccccc12)C(=O)NC(Cc1c[nH]c2ccccc12)C(=O)O. The first kappa shape index (κ1) is 31.7. The fourth-order valence-corrected chi connectivity index (χ4v) is 4.87. The van der Waals surface area contributed by atoms with E-state index in [1.54, 1.807) is 30.6 Å². The van der Waals surface area contributed by atoms with Crippen molar-refractivity contribution in [3.63, 3.8) is 0 Å². The summed E-state index contributed by atoms with van der Waals surface area (Å²) in [5.41, 5.74) is 8.48. The van der Waals surface area contributed by atoms with Crippen LogP contribution in [0.1, 0.15) is 24.5 Å². The molecule has 232 valence electrons. The highest BCUT2D eigenvalue weighted by atomic mass is 16.4. The molecule has 3 amide bonds. The Labute approximate surface area is 251 Å². The summed E-state index contributed by atoms with van der Waals surface area (Å²) in [7, 11) is 0. The maximum absolute atomic E-state index is 13.6. The molecule has 2 aromatic carbocycles. The highest BCUT2D eigenvalue weighted by Gasteiger charge is 2.33. The molecule has 0 radical (unpaired) electrons. The number of nitrogens with two attached hydrogens (primary N) is 1. The van der Waals surface area contributed by atoms with Crippen molar-refractivity contribution in [2.75, 3.05) is 0 Å². The average molecular weight is 607 g/mol. The molecule has 0 bridgehead atoms. The van der Waals surface area contributed by atoms with Gasteiger partial charge < -0.3 is 47.0 Å². The Hall–Kier alpha value is -5.21. The van der Waals surface area contributed by atoms with Crippen LogP contribution in [0.3, 0.4) is 0 Å². The third kappa shape index (κ3) is 7.59. The molecule has 4 aromatic rings. The van der Waals surface area contributed by atoms with Gasteiger partial charge in [0.1, 0.15) is 24.2 Å². The van der Waals surface area contributed by atoms with Gasteiger partial charge in [0.2, 0.25) is 17.7 Å². The second-order valence-electron chi connectivity index (χ2n) is 10.5. The minimum absolute atomic E-state index is 0.0617. The molecule has 0 saturated heterocycles. The number of aliphatic hydroxyl groups excluding tert-OH is 1. The lowest BCUT2D eigenvalue weighted by Crippen LogP contribution is -2.59. The normalized spacial score (nSPS) is 14.7. The van der Waals surface area contributed by atoms with Crippen molar-refractivity contribution in [3.8, 4) is 0 Å². The topological polar surface area (TPSA) is 240 Å². The number of carbonyl (C=O) groups is 5. The molecule has 0 saturated carbocycles. The first-order valence-corrected chi connectivity index (χ1v) is 13.8. The van der Waals surface area contributed by atoms with Crippen LogP contribution in [0, 0.1) is 0 Å². The zero-order valence-electron chi connectivity index (χ0n) is 23.7. The van der Waals surface area contributed by atoms with E-state index in [0.29, 0.717) is 11.1 Å². The van der Waals surface area contributed by atoms with Crippen LogP contribution >= 0.6 is 0 Å². The van der Waals surface area contributed by atoms with Gasteiger partial charge in [0.05, 0.1) is 12.5 Å². The number of aliphatic carboxylic acids is 2. The fraction of sp³-hybridized carbons (Fsp3) is 0.300. The van der Waals surface area contributed by atoms with Crippen LogP contribution in [0.4, 0.5) is 0 Å². The van der Waals surface area contributed by atoms with Crippen LogP contribution in [0.25, 0.3) is 21.8 Å². The van der Waals surface area contributed by atoms with E-state index in [2.05, 4.69) is 25.9 Å². The van der Waals surface area contributed by atoms with Gasteiger partial charge in [-0.15, -0.1) is 0 Å². The number of carboxylic acid groups (broad SMARTS) is 2. The number of aromatic nitrogens is 2. The molecule has 5 unspecified atom stereocenters. The molecule has 2 heterocycles. The van der Waals surface area contributed by atoms with Crippen molar-refractivity contribution in [2.24, 2.45) is 5.73 Å². The van der Waals surface area contributed by atoms with Crippen molar-refractivity contribution < 1.29 is 39.3 Å². The highest BCUT2D eigenvalue weighted by Crippen LogP contribution is 2.21. The smallest absolute Gasteiger partial charge is 0.326 e. The predicted octanol–water partition coefficient (Wildman–Crippen LogP) is 0.156. The highest BCUT2D eigenvalue weighted by molar-refractivity contribution is 5.96. The van der Waals surface area contributed by atoms with Gasteiger partial charge in [-0.25, -0.2) is 4.79 Å². The molecule has 10 N–H and O–H groups in total. The van der Waals surface area contributed by atoms with Crippen molar-refractivity contribution in [1.29, 1.82) is 0 Å². The standard InChI is InChI=1S/C30H34N6O8/c1-15(37)26(31)29(42)35-23(12-25(38)39)28(41)34-22(10-16-13-32-20-8-4-2-6-18(16)20)27(40)36-24(30(43)44)11-17-14-33-21-9-5-3-7-19(17)21/h2-9,13-15,22-24,26,32-33,37H,10-12,31H2,1H3,(H,34,41)(H,35,42)(H,36,40)(H,38,39)(H,43,44). The van der Waals surface area contributed by atoms with Gasteiger partial charge in [-0.05, 0) is 30.2 Å². The second-order valence-corrected chi connectivity index (χ2v) is 10.5. The molecule has 0 fully saturated rings. The lowest BCUT2D eigenvalue weighted by Gasteiger charge is -2.25. The number of amides is 3. The van der Waals surface area contributed by atoms with E-state index in [1.807, 2.05) is 30.3 Å². The molecule has 4 rings (SSSR count). The molecule has 0 aliphatic rings. The first-order chi connectivity index (χ1) is 20.9. The number of rotatable bonds is 14. The number of carbonyl (C=O) groups excluding carboxylic acids is 3. The van der Waals surface area contributed by atoms with E-state index in [-0.39, 0.29) is 12.8 Å². The van der Waals surface area contributed by atoms with Gasteiger partial charge in [-0.3, -0.25) is 19.2 Å². The first-order valence-electron chi connectivity index (χ1n) is 13.8. The number of aliphatic hydroxyl groups is 1. The number of hydrogen-bond donors (Lipinski definition) is 9. The predicted molar refractivity (Wildman–Crippen MR) is 159 cm³/mol. The summed E-state index contributed by atoms with van der Waals surface area (Å²) in [5, 5.41) is 37.8. The van der Waals surface area contributed by atoms with Crippen LogP contribution in [-0.2, 0) is 36.8 Å². The van der Waals surface area contributed by atoms with E-state index in [0.717, 1.165) is 21.8 Å². The summed E-state index contributed by atoms with van der Waals surface area (Å²) in [6.07, 6.45) is 1.03. The summed E-state index contributed by atoms with van der Waals surface area (Å²) >= 11 is 0. The second kappa shape index (κ2) is 13.8. The molecule has 44 heavy (non-hydrogen) atoms. The number of H-pyrrole nitrogens is 2. The van der Waals surface area contributed by atoms with Gasteiger partial charge in [0.15, 0.2) is 0 Å². The average Bonchev–Trinajstić information content (AvgIpc) is 3.59. The van der Waals surface area contributed by atoms with Crippen LogP contribution in [0.2, 0.25) is 0 Å². The molecule has 0 aliphatic heterocycles. The van der Waals surface area contributed by atoms with Gasteiger partial charge in [-0.2, -0.15) is 0 Å². The summed E-state index contributed by atoms with van der Waals surface area (Å²) < 4.78 is 0. The number of fused-ring (bicyclic) bond motifs is 2. The molecule has 5 atom stereocenters. The van der Waals surface area contributed by atoms with Crippen LogP contribution in [-0.4, -0.2) is 85.2 Å². The summed E-state index contributed by atoms with van der Waals surface area (Å²) in [6.45, 7) is 1.26. The van der Waals surface area contributed by atoms with E-state index in [1.165, 1.54) is 6.92 Å². The largest absolute Gasteiger partial charge is 0.481 e. The minimum atomic E-state index is -1.65. The van der Waals surface area contributed by atoms with Gasteiger partial charge in [0, 0.05) is 47.0 Å². The lowest BCUT2D eigenvalue weighted by atomic mass is 10.0. The number of nitrogens with one attached hydrogen (secondary N) is 5. The Kier molecular flexibility index (Phi) is 9.98. The van der Waals surface area contributed by atoms with Crippen LogP contribution in [0.15, 0.2) is 60.9 Å². The molecular formula is C30H34N6O8. The lowest BCUT2D eigenvalue weighted by molar-refractivity contribution is -0.143. The van der Waals surface area contributed by atoms with Gasteiger partial charge in [-0.1, -0.05) is 36.4 Å². The number of aromatic amines is 2. The van der Waals surface area contributed by atoms with Crippen LogP contribution < -0.4 is 21.7 Å². The van der Waals surface area contributed by atoms with Crippen molar-refractivity contribution in [1.82, 2.24) is 25.9 Å². The Bertz CT molecular complexity index is 1680.